The zero-order chi connectivity index (χ0) is 19.9. The second-order valence-electron chi connectivity index (χ2n) is 6.97. The number of amides is 1. The quantitative estimate of drug-likeness (QED) is 0.651. The highest BCUT2D eigenvalue weighted by atomic mass is 16.5. The first-order valence-electron chi connectivity index (χ1n) is 9.73. The first kappa shape index (κ1) is 20.1. The van der Waals surface area contributed by atoms with Crippen molar-refractivity contribution >= 4 is 11.7 Å². The second-order valence-corrected chi connectivity index (χ2v) is 6.97. The fraction of sp³-hybridized carbons (Fsp3) is 0.476. The van der Waals surface area contributed by atoms with Gasteiger partial charge in [0.1, 0.15) is 5.75 Å². The molecule has 7 heteroatoms. The van der Waals surface area contributed by atoms with Gasteiger partial charge in [-0.25, -0.2) is 0 Å². The molecule has 2 heterocycles. The Morgan fingerprint density at radius 3 is 2.43 bits per heavy atom. The molecule has 3 rings (SSSR count). The number of nitrogens with zero attached hydrogens (tertiary/aromatic N) is 3. The third-order valence-electron chi connectivity index (χ3n) is 4.83. The molecule has 1 fully saturated rings. The summed E-state index contributed by atoms with van der Waals surface area (Å²) >= 11 is 0. The number of carbonyl (C=O) groups excluding carboxylic acids is 2. The molecule has 0 saturated carbocycles. The first-order valence-corrected chi connectivity index (χ1v) is 9.73. The predicted molar refractivity (Wildman–Crippen MR) is 104 cm³/mol. The van der Waals surface area contributed by atoms with Crippen LogP contribution in [0.3, 0.4) is 0 Å². The average Bonchev–Trinajstić information content (AvgIpc) is 3.12. The van der Waals surface area contributed by atoms with Crippen molar-refractivity contribution in [2.75, 3.05) is 32.8 Å². The van der Waals surface area contributed by atoms with Gasteiger partial charge in [-0.15, -0.1) is 0 Å². The lowest BCUT2D eigenvalue weighted by molar-refractivity contribution is -0.133. The molecule has 1 aromatic carbocycles. The highest BCUT2D eigenvalue weighted by Gasteiger charge is 2.22. The maximum Gasteiger partial charge on any atom is 0.223 e. The number of piperazine rings is 1. The molecule has 150 valence electrons. The van der Waals surface area contributed by atoms with E-state index in [1.165, 1.54) is 0 Å². The number of aromatic nitrogens is 1. The number of aryl methyl sites for hydroxylation is 1. The molecule has 0 aliphatic carbocycles. The van der Waals surface area contributed by atoms with Crippen molar-refractivity contribution in [2.24, 2.45) is 0 Å². The Bertz CT molecular complexity index is 792. The van der Waals surface area contributed by atoms with E-state index in [1.54, 1.807) is 24.3 Å². The summed E-state index contributed by atoms with van der Waals surface area (Å²) in [5.74, 6) is 1.61. The molecule has 0 bridgehead atoms. The summed E-state index contributed by atoms with van der Waals surface area (Å²) in [6.07, 6.45) is 0.470. The van der Waals surface area contributed by atoms with Gasteiger partial charge in [-0.1, -0.05) is 5.16 Å². The molecule has 1 aliphatic rings. The van der Waals surface area contributed by atoms with E-state index in [0.717, 1.165) is 30.3 Å². The van der Waals surface area contributed by atoms with Crippen molar-refractivity contribution in [3.63, 3.8) is 0 Å². The summed E-state index contributed by atoms with van der Waals surface area (Å²) in [5.41, 5.74) is 1.49. The SMILES string of the molecule is CCOc1ccc(C(=O)CCC(=O)N2CCN(Cc3cc(C)no3)CC2)cc1. The molecular formula is C21H27N3O4. The van der Waals surface area contributed by atoms with Crippen molar-refractivity contribution in [1.29, 1.82) is 0 Å². The summed E-state index contributed by atoms with van der Waals surface area (Å²) in [4.78, 5) is 28.9. The van der Waals surface area contributed by atoms with Crippen LogP contribution in [0.4, 0.5) is 0 Å². The van der Waals surface area contributed by atoms with Gasteiger partial charge in [0, 0.05) is 50.7 Å². The Balaban J connectivity index is 1.41. The lowest BCUT2D eigenvalue weighted by atomic mass is 10.1. The van der Waals surface area contributed by atoms with Gasteiger partial charge in [0.2, 0.25) is 5.91 Å². The van der Waals surface area contributed by atoms with Crippen LogP contribution in [-0.4, -0.2) is 59.4 Å². The van der Waals surface area contributed by atoms with Gasteiger partial charge >= 0.3 is 0 Å². The topological polar surface area (TPSA) is 75.9 Å². The van der Waals surface area contributed by atoms with Crippen molar-refractivity contribution in [2.45, 2.75) is 33.2 Å². The van der Waals surface area contributed by atoms with Crippen LogP contribution in [0.2, 0.25) is 0 Å². The third kappa shape index (κ3) is 5.42. The van der Waals surface area contributed by atoms with E-state index in [0.29, 0.717) is 31.8 Å². The zero-order valence-electron chi connectivity index (χ0n) is 16.5. The van der Waals surface area contributed by atoms with E-state index in [-0.39, 0.29) is 24.5 Å². The molecular weight excluding hydrogens is 358 g/mol. The largest absolute Gasteiger partial charge is 0.494 e. The fourth-order valence-electron chi connectivity index (χ4n) is 3.29. The number of hydrogen-bond acceptors (Lipinski definition) is 6. The maximum absolute atomic E-state index is 12.4. The maximum atomic E-state index is 12.4. The molecule has 1 amide bonds. The molecule has 1 aliphatic heterocycles. The number of rotatable bonds is 8. The summed E-state index contributed by atoms with van der Waals surface area (Å²) in [7, 11) is 0. The van der Waals surface area contributed by atoms with Crippen LogP contribution in [0.1, 0.15) is 41.6 Å². The monoisotopic (exact) mass is 385 g/mol. The summed E-state index contributed by atoms with van der Waals surface area (Å²) in [6.45, 7) is 8.03. The number of carbonyl (C=O) groups is 2. The number of benzene rings is 1. The lowest BCUT2D eigenvalue weighted by Crippen LogP contribution is -2.48. The van der Waals surface area contributed by atoms with Crippen LogP contribution in [0.15, 0.2) is 34.9 Å². The van der Waals surface area contributed by atoms with Crippen molar-refractivity contribution in [3.8, 4) is 5.75 Å². The number of hydrogen-bond donors (Lipinski definition) is 0. The van der Waals surface area contributed by atoms with Gasteiger partial charge in [0.15, 0.2) is 11.5 Å². The predicted octanol–water partition coefficient (Wildman–Crippen LogP) is 2.69. The standard InChI is InChI=1S/C21H27N3O4/c1-3-27-18-6-4-17(5-7-18)20(25)8-9-21(26)24-12-10-23(11-13-24)15-19-14-16(2)22-28-19/h4-7,14H,3,8-13,15H2,1-2H3. The van der Waals surface area contributed by atoms with Crippen molar-refractivity contribution in [1.82, 2.24) is 15.0 Å². The summed E-state index contributed by atoms with van der Waals surface area (Å²) in [5, 5.41) is 3.90. The van der Waals surface area contributed by atoms with Gasteiger partial charge in [-0.05, 0) is 38.1 Å². The normalized spacial score (nSPS) is 14.9. The Morgan fingerprint density at radius 1 is 1.11 bits per heavy atom. The number of ketones is 1. The van der Waals surface area contributed by atoms with Crippen LogP contribution >= 0.6 is 0 Å². The van der Waals surface area contributed by atoms with Crippen LogP contribution in [0.5, 0.6) is 5.75 Å². The van der Waals surface area contributed by atoms with Crippen molar-refractivity contribution in [3.05, 3.63) is 47.3 Å². The van der Waals surface area contributed by atoms with Crippen LogP contribution in [-0.2, 0) is 11.3 Å². The van der Waals surface area contributed by atoms with Crippen LogP contribution in [0.25, 0.3) is 0 Å². The molecule has 28 heavy (non-hydrogen) atoms. The number of ether oxygens (including phenoxy) is 1. The third-order valence-corrected chi connectivity index (χ3v) is 4.83. The minimum absolute atomic E-state index is 0.0178. The van der Waals surface area contributed by atoms with Gasteiger partial charge in [-0.2, -0.15) is 0 Å². The zero-order valence-corrected chi connectivity index (χ0v) is 16.5. The number of Topliss-reactive ketones (excluding diaryl/α,β-unsaturated/α-hetero) is 1. The minimum atomic E-state index is -0.0178. The Labute approximate surface area is 165 Å². The van der Waals surface area contributed by atoms with Gasteiger partial charge < -0.3 is 14.2 Å². The molecule has 0 spiro atoms. The Morgan fingerprint density at radius 2 is 1.82 bits per heavy atom. The molecule has 0 unspecified atom stereocenters. The van der Waals surface area contributed by atoms with E-state index >= 15 is 0 Å². The highest BCUT2D eigenvalue weighted by Crippen LogP contribution is 2.15. The summed E-state index contributed by atoms with van der Waals surface area (Å²) < 4.78 is 10.6. The smallest absolute Gasteiger partial charge is 0.223 e. The lowest BCUT2D eigenvalue weighted by Gasteiger charge is -2.34. The second kappa shape index (κ2) is 9.50. The van der Waals surface area contributed by atoms with E-state index in [4.69, 9.17) is 9.26 Å². The van der Waals surface area contributed by atoms with E-state index in [9.17, 15) is 9.59 Å². The molecule has 0 atom stereocenters. The molecule has 2 aromatic rings. The highest BCUT2D eigenvalue weighted by molar-refractivity contribution is 5.98. The Hall–Kier alpha value is -2.67. The van der Waals surface area contributed by atoms with E-state index in [1.807, 2.05) is 24.8 Å². The Kier molecular flexibility index (Phi) is 6.81. The first-order chi connectivity index (χ1) is 13.5. The molecule has 7 nitrogen and oxygen atoms in total. The minimum Gasteiger partial charge on any atom is -0.494 e. The van der Waals surface area contributed by atoms with Gasteiger partial charge in [0.25, 0.3) is 0 Å². The van der Waals surface area contributed by atoms with E-state index < -0.39 is 0 Å². The van der Waals surface area contributed by atoms with Crippen molar-refractivity contribution < 1.29 is 18.8 Å². The van der Waals surface area contributed by atoms with Gasteiger partial charge in [-0.3, -0.25) is 14.5 Å². The van der Waals surface area contributed by atoms with Crippen LogP contribution < -0.4 is 4.74 Å². The molecule has 0 radical (unpaired) electrons. The van der Waals surface area contributed by atoms with Gasteiger partial charge in [0.05, 0.1) is 18.8 Å². The van der Waals surface area contributed by atoms with E-state index in [2.05, 4.69) is 10.1 Å². The fourth-order valence-corrected chi connectivity index (χ4v) is 3.29. The molecule has 1 aromatic heterocycles. The summed E-state index contributed by atoms with van der Waals surface area (Å²) in [6, 6.07) is 9.01. The molecule has 0 N–H and O–H groups in total. The average molecular weight is 385 g/mol. The molecule has 1 saturated heterocycles. The van der Waals surface area contributed by atoms with Crippen LogP contribution in [0, 0.1) is 6.92 Å².